The molecule has 1 amide bonds. The first-order valence-electron chi connectivity index (χ1n) is 8.79. The molecule has 146 valence electrons. The Hall–Kier alpha value is -2.90. The van der Waals surface area contributed by atoms with E-state index in [1.807, 2.05) is 48.5 Å². The molecule has 0 bridgehead atoms. The Morgan fingerprint density at radius 2 is 1.86 bits per heavy atom. The van der Waals surface area contributed by atoms with Crippen molar-refractivity contribution in [1.29, 1.82) is 0 Å². The molecule has 0 radical (unpaired) electrons. The quantitative estimate of drug-likeness (QED) is 0.556. The second kappa shape index (κ2) is 9.87. The third-order valence-electron chi connectivity index (χ3n) is 4.01. The van der Waals surface area contributed by atoms with Crippen LogP contribution in [-0.4, -0.2) is 38.3 Å². The summed E-state index contributed by atoms with van der Waals surface area (Å²) in [5.74, 6) is 1.29. The van der Waals surface area contributed by atoms with Gasteiger partial charge in [0, 0.05) is 19.0 Å². The Labute approximate surface area is 168 Å². The van der Waals surface area contributed by atoms with Crippen LogP contribution in [0.1, 0.15) is 16.1 Å². The molecule has 3 rings (SSSR count). The maximum absolute atomic E-state index is 12.4. The number of methoxy groups -OCH3 is 2. The third-order valence-corrected chi connectivity index (χ3v) is 4.88. The number of hydrogen-bond acceptors (Lipinski definition) is 6. The Balaban J connectivity index is 1.58. The van der Waals surface area contributed by atoms with Crippen LogP contribution < -0.4 is 14.8 Å². The molecule has 0 aliphatic heterocycles. The van der Waals surface area contributed by atoms with Crippen LogP contribution in [0.5, 0.6) is 11.5 Å². The normalized spacial score (nSPS) is 10.5. The molecule has 1 aromatic heterocycles. The average molecular weight is 398 g/mol. The lowest BCUT2D eigenvalue weighted by atomic mass is 10.2. The summed E-state index contributed by atoms with van der Waals surface area (Å²) in [5, 5.41) is 5.40. The van der Waals surface area contributed by atoms with Gasteiger partial charge in [-0.05, 0) is 29.8 Å². The van der Waals surface area contributed by atoms with Crippen molar-refractivity contribution >= 4 is 17.2 Å². The van der Waals surface area contributed by atoms with Gasteiger partial charge in [0.1, 0.15) is 28.8 Å². The Bertz CT molecular complexity index is 909. The molecule has 1 N–H and O–H groups in total. The molecule has 0 atom stereocenters. The number of rotatable bonds is 9. The van der Waals surface area contributed by atoms with Crippen molar-refractivity contribution in [2.75, 3.05) is 27.4 Å². The van der Waals surface area contributed by atoms with Crippen molar-refractivity contribution in [3.63, 3.8) is 0 Å². The molecule has 0 unspecified atom stereocenters. The highest BCUT2D eigenvalue weighted by atomic mass is 32.1. The molecule has 0 aliphatic carbocycles. The van der Waals surface area contributed by atoms with Gasteiger partial charge in [-0.25, -0.2) is 4.98 Å². The second-order valence-electron chi connectivity index (χ2n) is 5.91. The SMILES string of the molecule is COCCOc1ccc(CNC(=O)c2csc(-c3ccccc3OC)n2)cc1. The number of nitrogens with zero attached hydrogens (tertiary/aromatic N) is 1. The lowest BCUT2D eigenvalue weighted by molar-refractivity contribution is 0.0946. The van der Waals surface area contributed by atoms with Crippen molar-refractivity contribution < 1.29 is 19.0 Å². The molecule has 0 saturated carbocycles. The number of amides is 1. The van der Waals surface area contributed by atoms with Crippen LogP contribution in [0.25, 0.3) is 10.6 Å². The van der Waals surface area contributed by atoms with Crippen molar-refractivity contribution in [3.05, 3.63) is 65.2 Å². The van der Waals surface area contributed by atoms with Crippen LogP contribution >= 0.6 is 11.3 Å². The monoisotopic (exact) mass is 398 g/mol. The van der Waals surface area contributed by atoms with Crippen molar-refractivity contribution in [2.24, 2.45) is 0 Å². The maximum atomic E-state index is 12.4. The van der Waals surface area contributed by atoms with Crippen molar-refractivity contribution in [2.45, 2.75) is 6.54 Å². The molecule has 0 saturated heterocycles. The van der Waals surface area contributed by atoms with Gasteiger partial charge < -0.3 is 19.5 Å². The number of benzene rings is 2. The highest BCUT2D eigenvalue weighted by molar-refractivity contribution is 7.13. The van der Waals surface area contributed by atoms with E-state index in [1.54, 1.807) is 19.6 Å². The first kappa shape index (κ1) is 19.9. The zero-order valence-corrected chi connectivity index (χ0v) is 16.6. The van der Waals surface area contributed by atoms with Crippen molar-refractivity contribution in [1.82, 2.24) is 10.3 Å². The molecule has 0 spiro atoms. The molecule has 2 aromatic carbocycles. The van der Waals surface area contributed by atoms with Crippen LogP contribution in [-0.2, 0) is 11.3 Å². The fourth-order valence-corrected chi connectivity index (χ4v) is 3.37. The standard InChI is InChI=1S/C21H22N2O4S/c1-25-11-12-27-16-9-7-15(8-10-16)13-22-20(24)18-14-28-21(23-18)17-5-3-4-6-19(17)26-2/h3-10,14H,11-13H2,1-2H3,(H,22,24). The predicted molar refractivity (Wildman–Crippen MR) is 109 cm³/mol. The number of carbonyl (C=O) groups is 1. The van der Waals surface area contributed by atoms with Gasteiger partial charge in [0.25, 0.3) is 5.91 Å². The Kier molecular flexibility index (Phi) is 7.00. The summed E-state index contributed by atoms with van der Waals surface area (Å²) in [4.78, 5) is 16.9. The summed E-state index contributed by atoms with van der Waals surface area (Å²) < 4.78 is 15.8. The second-order valence-corrected chi connectivity index (χ2v) is 6.76. The van der Waals surface area contributed by atoms with Gasteiger partial charge in [-0.3, -0.25) is 4.79 Å². The molecule has 0 fully saturated rings. The summed E-state index contributed by atoms with van der Waals surface area (Å²) in [6.45, 7) is 1.46. The van der Waals surface area contributed by atoms with E-state index >= 15 is 0 Å². The van der Waals surface area contributed by atoms with E-state index in [2.05, 4.69) is 10.3 Å². The van der Waals surface area contributed by atoms with Gasteiger partial charge in [0.15, 0.2) is 0 Å². The topological polar surface area (TPSA) is 69.7 Å². The summed E-state index contributed by atoms with van der Waals surface area (Å²) in [6.07, 6.45) is 0. The van der Waals surface area contributed by atoms with Gasteiger partial charge in [0.05, 0.1) is 19.3 Å². The zero-order chi connectivity index (χ0) is 19.8. The Morgan fingerprint density at radius 3 is 2.61 bits per heavy atom. The van der Waals surface area contributed by atoms with E-state index in [0.29, 0.717) is 25.5 Å². The van der Waals surface area contributed by atoms with Crippen LogP contribution in [0.15, 0.2) is 53.9 Å². The van der Waals surface area contributed by atoms with Crippen molar-refractivity contribution in [3.8, 4) is 22.1 Å². The average Bonchev–Trinajstić information content (AvgIpc) is 3.23. The summed E-state index contributed by atoms with van der Waals surface area (Å²) in [7, 11) is 3.25. The predicted octanol–water partition coefficient (Wildman–Crippen LogP) is 3.77. The smallest absolute Gasteiger partial charge is 0.271 e. The number of aromatic nitrogens is 1. The summed E-state index contributed by atoms with van der Waals surface area (Å²) >= 11 is 1.41. The summed E-state index contributed by atoms with van der Waals surface area (Å²) in [5.41, 5.74) is 2.25. The van der Waals surface area contributed by atoms with E-state index in [1.165, 1.54) is 11.3 Å². The van der Waals surface area contributed by atoms with Crippen LogP contribution in [0.2, 0.25) is 0 Å². The molecule has 3 aromatic rings. The van der Waals surface area contributed by atoms with Crippen LogP contribution in [0.4, 0.5) is 0 Å². The first-order valence-corrected chi connectivity index (χ1v) is 9.67. The van der Waals surface area contributed by atoms with Gasteiger partial charge in [0.2, 0.25) is 0 Å². The van der Waals surface area contributed by atoms with Gasteiger partial charge >= 0.3 is 0 Å². The molecule has 6 nitrogen and oxygen atoms in total. The number of thiazole rings is 1. The Morgan fingerprint density at radius 1 is 1.07 bits per heavy atom. The maximum Gasteiger partial charge on any atom is 0.271 e. The lowest BCUT2D eigenvalue weighted by Gasteiger charge is -2.07. The fourth-order valence-electron chi connectivity index (χ4n) is 2.54. The third kappa shape index (κ3) is 5.09. The van der Waals surface area contributed by atoms with Crippen LogP contribution in [0.3, 0.4) is 0 Å². The largest absolute Gasteiger partial charge is 0.496 e. The first-order chi connectivity index (χ1) is 13.7. The minimum absolute atomic E-state index is 0.210. The van der Waals surface area contributed by atoms with Crippen LogP contribution in [0, 0.1) is 0 Å². The molecule has 7 heteroatoms. The number of nitrogens with one attached hydrogen (secondary N) is 1. The molecule has 28 heavy (non-hydrogen) atoms. The van der Waals surface area contributed by atoms with E-state index in [0.717, 1.165) is 27.6 Å². The molecule has 0 aliphatic rings. The van der Waals surface area contributed by atoms with Gasteiger partial charge in [-0.15, -0.1) is 11.3 Å². The summed E-state index contributed by atoms with van der Waals surface area (Å²) in [6, 6.07) is 15.2. The van der Waals surface area contributed by atoms with Gasteiger partial charge in [-0.1, -0.05) is 24.3 Å². The number of para-hydroxylation sites is 1. The minimum atomic E-state index is -0.210. The van der Waals surface area contributed by atoms with E-state index in [9.17, 15) is 4.79 Å². The molecule has 1 heterocycles. The van der Waals surface area contributed by atoms with E-state index < -0.39 is 0 Å². The zero-order valence-electron chi connectivity index (χ0n) is 15.8. The highest BCUT2D eigenvalue weighted by Gasteiger charge is 2.14. The van der Waals surface area contributed by atoms with Gasteiger partial charge in [-0.2, -0.15) is 0 Å². The number of hydrogen-bond donors (Lipinski definition) is 1. The highest BCUT2D eigenvalue weighted by Crippen LogP contribution is 2.31. The molecular formula is C21H22N2O4S. The molecular weight excluding hydrogens is 376 g/mol. The number of ether oxygens (including phenoxy) is 3. The number of carbonyl (C=O) groups excluding carboxylic acids is 1. The lowest BCUT2D eigenvalue weighted by Crippen LogP contribution is -2.23. The fraction of sp³-hybridized carbons (Fsp3) is 0.238. The van der Waals surface area contributed by atoms with E-state index in [-0.39, 0.29) is 5.91 Å². The minimum Gasteiger partial charge on any atom is -0.496 e. The van der Waals surface area contributed by atoms with E-state index in [4.69, 9.17) is 14.2 Å².